The van der Waals surface area contributed by atoms with Gasteiger partial charge in [-0.2, -0.15) is 13.2 Å². The molecule has 1 amide bonds. The summed E-state index contributed by atoms with van der Waals surface area (Å²) < 4.78 is 48.5. The van der Waals surface area contributed by atoms with Gasteiger partial charge in [0.2, 0.25) is 5.91 Å². The second kappa shape index (κ2) is 6.51. The number of rotatable bonds is 5. The molecule has 2 N–H and O–H groups in total. The second-order valence-corrected chi connectivity index (χ2v) is 4.05. The Bertz CT molecular complexity index is 434. The summed E-state index contributed by atoms with van der Waals surface area (Å²) in [5.41, 5.74) is 0.614. The van der Waals surface area contributed by atoms with E-state index in [9.17, 15) is 22.4 Å². The van der Waals surface area contributed by atoms with Crippen LogP contribution in [0.2, 0.25) is 0 Å². The van der Waals surface area contributed by atoms with E-state index in [2.05, 4.69) is 5.32 Å². The van der Waals surface area contributed by atoms with Crippen molar-refractivity contribution in [3.05, 3.63) is 35.6 Å². The number of benzene rings is 1. The van der Waals surface area contributed by atoms with Crippen molar-refractivity contribution in [3.63, 3.8) is 0 Å². The monoisotopic (exact) mass is 278 g/mol. The van der Waals surface area contributed by atoms with Crippen molar-refractivity contribution in [1.82, 2.24) is 10.6 Å². The summed E-state index contributed by atoms with van der Waals surface area (Å²) in [6.45, 7) is 0.0570. The van der Waals surface area contributed by atoms with Gasteiger partial charge in [-0.05, 0) is 24.6 Å². The number of hydrogen-bond acceptors (Lipinski definition) is 2. The Balaban J connectivity index is 2.38. The largest absolute Gasteiger partial charge is 0.405 e. The van der Waals surface area contributed by atoms with Crippen molar-refractivity contribution in [3.8, 4) is 0 Å². The summed E-state index contributed by atoms with van der Waals surface area (Å²) in [4.78, 5) is 11.1. The summed E-state index contributed by atoms with van der Waals surface area (Å²) in [5, 5.41) is 4.46. The van der Waals surface area contributed by atoms with E-state index in [1.165, 1.54) is 18.2 Å². The highest BCUT2D eigenvalue weighted by molar-refractivity contribution is 5.78. The maximum absolute atomic E-state index is 12.9. The molecule has 1 rings (SSSR count). The molecule has 0 fully saturated rings. The molecule has 0 saturated carbocycles. The highest BCUT2D eigenvalue weighted by Gasteiger charge is 2.27. The number of carbonyl (C=O) groups is 1. The SMILES string of the molecule is C[C@H](NCC(=O)NCC(F)(F)F)c1cccc(F)c1. The fraction of sp³-hybridized carbons (Fsp3) is 0.417. The molecule has 0 spiro atoms. The van der Waals surface area contributed by atoms with Gasteiger partial charge in [0.05, 0.1) is 6.54 Å². The summed E-state index contributed by atoms with van der Waals surface area (Å²) in [5.74, 6) is -1.17. The van der Waals surface area contributed by atoms with Crippen molar-refractivity contribution < 1.29 is 22.4 Å². The maximum Gasteiger partial charge on any atom is 0.405 e. The number of hydrogen-bond donors (Lipinski definition) is 2. The third-order valence-corrected chi connectivity index (χ3v) is 2.40. The molecule has 0 aliphatic rings. The molecule has 0 aromatic heterocycles. The lowest BCUT2D eigenvalue weighted by atomic mass is 10.1. The molecule has 3 nitrogen and oxygen atoms in total. The maximum atomic E-state index is 12.9. The zero-order valence-corrected chi connectivity index (χ0v) is 10.2. The minimum atomic E-state index is -4.43. The number of nitrogens with one attached hydrogen (secondary N) is 2. The van der Waals surface area contributed by atoms with Gasteiger partial charge in [-0.3, -0.25) is 4.79 Å². The van der Waals surface area contributed by atoms with Crippen LogP contribution in [-0.4, -0.2) is 25.2 Å². The van der Waals surface area contributed by atoms with Gasteiger partial charge in [-0.1, -0.05) is 12.1 Å². The van der Waals surface area contributed by atoms with E-state index in [-0.39, 0.29) is 12.6 Å². The van der Waals surface area contributed by atoms with Crippen molar-refractivity contribution in [2.75, 3.05) is 13.1 Å². The molecule has 7 heteroatoms. The lowest BCUT2D eigenvalue weighted by molar-refractivity contribution is -0.137. The predicted molar refractivity (Wildman–Crippen MR) is 61.9 cm³/mol. The first-order valence-electron chi connectivity index (χ1n) is 5.60. The third kappa shape index (κ3) is 6.19. The summed E-state index contributed by atoms with van der Waals surface area (Å²) in [6.07, 6.45) is -4.43. The molecule has 19 heavy (non-hydrogen) atoms. The zero-order valence-electron chi connectivity index (χ0n) is 10.2. The van der Waals surface area contributed by atoms with Gasteiger partial charge in [0.15, 0.2) is 0 Å². The van der Waals surface area contributed by atoms with Gasteiger partial charge in [0, 0.05) is 6.04 Å². The number of halogens is 4. The molecular formula is C12H14F4N2O. The fourth-order valence-electron chi connectivity index (χ4n) is 1.40. The average molecular weight is 278 g/mol. The molecule has 0 aliphatic carbocycles. The number of amides is 1. The standard InChI is InChI=1S/C12H14F4N2O/c1-8(9-3-2-4-10(13)5-9)17-6-11(19)18-7-12(14,15)16/h2-5,8,17H,6-7H2,1H3,(H,18,19)/t8-/m0/s1. The Morgan fingerprint density at radius 3 is 2.63 bits per heavy atom. The minimum absolute atomic E-state index is 0.270. The Hall–Kier alpha value is -1.63. The predicted octanol–water partition coefficient (Wildman–Crippen LogP) is 2.15. The van der Waals surface area contributed by atoms with E-state index in [0.29, 0.717) is 5.56 Å². The quantitative estimate of drug-likeness (QED) is 0.810. The normalized spacial score (nSPS) is 13.1. The molecule has 106 valence electrons. The van der Waals surface area contributed by atoms with E-state index < -0.39 is 24.4 Å². The van der Waals surface area contributed by atoms with E-state index in [1.54, 1.807) is 18.3 Å². The zero-order chi connectivity index (χ0) is 14.5. The molecule has 1 atom stereocenters. The van der Waals surface area contributed by atoms with Crippen LogP contribution in [0.3, 0.4) is 0 Å². The number of alkyl halides is 3. The second-order valence-electron chi connectivity index (χ2n) is 4.05. The van der Waals surface area contributed by atoms with E-state index in [0.717, 1.165) is 0 Å². The summed E-state index contributed by atoms with van der Waals surface area (Å²) in [6, 6.07) is 5.42. The van der Waals surface area contributed by atoms with Crippen LogP contribution < -0.4 is 10.6 Å². The Morgan fingerprint density at radius 1 is 1.37 bits per heavy atom. The van der Waals surface area contributed by atoms with Crippen LogP contribution in [0, 0.1) is 5.82 Å². The molecule has 0 bridgehead atoms. The average Bonchev–Trinajstić information content (AvgIpc) is 2.32. The molecule has 0 unspecified atom stereocenters. The van der Waals surface area contributed by atoms with Gasteiger partial charge >= 0.3 is 6.18 Å². The topological polar surface area (TPSA) is 41.1 Å². The van der Waals surface area contributed by atoms with Crippen molar-refractivity contribution >= 4 is 5.91 Å². The van der Waals surface area contributed by atoms with Crippen molar-refractivity contribution in [2.45, 2.75) is 19.1 Å². The molecule has 0 saturated heterocycles. The Labute approximate surface area is 108 Å². The van der Waals surface area contributed by atoms with Gasteiger partial charge in [-0.25, -0.2) is 4.39 Å². The summed E-state index contributed by atoms with van der Waals surface area (Å²) in [7, 11) is 0. The molecular weight excluding hydrogens is 264 g/mol. The van der Waals surface area contributed by atoms with E-state index in [4.69, 9.17) is 0 Å². The van der Waals surface area contributed by atoms with Crippen LogP contribution in [0.1, 0.15) is 18.5 Å². The Morgan fingerprint density at radius 2 is 2.05 bits per heavy atom. The fourth-order valence-corrected chi connectivity index (χ4v) is 1.40. The molecule has 1 aromatic rings. The van der Waals surface area contributed by atoms with Crippen LogP contribution in [0.25, 0.3) is 0 Å². The highest BCUT2D eigenvalue weighted by atomic mass is 19.4. The first-order chi connectivity index (χ1) is 8.78. The third-order valence-electron chi connectivity index (χ3n) is 2.40. The molecule has 1 aromatic carbocycles. The van der Waals surface area contributed by atoms with E-state index in [1.807, 2.05) is 0 Å². The molecule has 0 radical (unpaired) electrons. The van der Waals surface area contributed by atoms with Crippen LogP contribution in [-0.2, 0) is 4.79 Å². The molecule has 0 heterocycles. The van der Waals surface area contributed by atoms with E-state index >= 15 is 0 Å². The minimum Gasteiger partial charge on any atom is -0.346 e. The smallest absolute Gasteiger partial charge is 0.346 e. The van der Waals surface area contributed by atoms with Gasteiger partial charge in [0.25, 0.3) is 0 Å². The van der Waals surface area contributed by atoms with Gasteiger partial charge < -0.3 is 10.6 Å². The van der Waals surface area contributed by atoms with Crippen molar-refractivity contribution in [2.24, 2.45) is 0 Å². The molecule has 0 aliphatic heterocycles. The van der Waals surface area contributed by atoms with Crippen LogP contribution >= 0.6 is 0 Å². The van der Waals surface area contributed by atoms with Crippen molar-refractivity contribution in [1.29, 1.82) is 0 Å². The van der Waals surface area contributed by atoms with Crippen LogP contribution in [0.15, 0.2) is 24.3 Å². The lowest BCUT2D eigenvalue weighted by Crippen LogP contribution is -2.39. The highest BCUT2D eigenvalue weighted by Crippen LogP contribution is 2.13. The van der Waals surface area contributed by atoms with Gasteiger partial charge in [-0.15, -0.1) is 0 Å². The van der Waals surface area contributed by atoms with Crippen LogP contribution in [0.5, 0.6) is 0 Å². The first-order valence-corrected chi connectivity index (χ1v) is 5.60. The van der Waals surface area contributed by atoms with Crippen LogP contribution in [0.4, 0.5) is 17.6 Å². The Kier molecular flexibility index (Phi) is 5.29. The first kappa shape index (κ1) is 15.4. The summed E-state index contributed by atoms with van der Waals surface area (Å²) >= 11 is 0. The van der Waals surface area contributed by atoms with Gasteiger partial charge in [0.1, 0.15) is 12.4 Å². The number of carbonyl (C=O) groups excluding carboxylic acids is 1. The lowest BCUT2D eigenvalue weighted by Gasteiger charge is -2.14.